The van der Waals surface area contributed by atoms with Crippen LogP contribution in [-0.4, -0.2) is 12.6 Å². The van der Waals surface area contributed by atoms with Crippen LogP contribution in [0.2, 0.25) is 0 Å². The molecule has 0 saturated heterocycles. The summed E-state index contributed by atoms with van der Waals surface area (Å²) in [4.78, 5) is 11.9. The molecule has 0 N–H and O–H groups in total. The van der Waals surface area contributed by atoms with Gasteiger partial charge in [-0.05, 0) is 36.1 Å². The summed E-state index contributed by atoms with van der Waals surface area (Å²) in [7, 11) is 0. The maximum absolute atomic E-state index is 11.9. The van der Waals surface area contributed by atoms with Crippen molar-refractivity contribution in [3.05, 3.63) is 64.7 Å². The minimum absolute atomic E-state index is 0.0664. The monoisotopic (exact) mass is 323 g/mol. The van der Waals surface area contributed by atoms with Crippen LogP contribution in [0.15, 0.2) is 42.5 Å². The van der Waals surface area contributed by atoms with Gasteiger partial charge in [-0.15, -0.1) is 0 Å². The van der Waals surface area contributed by atoms with Crippen LogP contribution in [0, 0.1) is 18.3 Å². The number of hydrogen-bond acceptors (Lipinski definition) is 4. The number of aryl methyl sites for hydroxylation is 1. The average Bonchev–Trinajstić information content (AvgIpc) is 2.59. The number of esters is 1. The van der Waals surface area contributed by atoms with Crippen molar-refractivity contribution in [3.63, 3.8) is 0 Å². The molecular formula is C20H21NO3. The Morgan fingerprint density at radius 2 is 1.96 bits per heavy atom. The Balaban J connectivity index is 1.92. The summed E-state index contributed by atoms with van der Waals surface area (Å²) in [6.45, 7) is 6.06. The standard InChI is InChI=1S/C20H21NO3/c1-14(2)16-9-8-15(3)19(10-16)23-13-20(22)24-12-18-7-5-4-6-17(18)11-21/h4-10,14H,12-13H2,1-3H3. The molecule has 2 rings (SSSR count). The number of carbonyl (C=O) groups is 1. The number of benzene rings is 2. The van der Waals surface area contributed by atoms with Gasteiger partial charge in [-0.2, -0.15) is 5.26 Å². The minimum atomic E-state index is -0.461. The van der Waals surface area contributed by atoms with Crippen molar-refractivity contribution in [2.24, 2.45) is 0 Å². The van der Waals surface area contributed by atoms with Gasteiger partial charge in [0.05, 0.1) is 11.6 Å². The number of nitrogens with zero attached hydrogens (tertiary/aromatic N) is 1. The Morgan fingerprint density at radius 1 is 1.21 bits per heavy atom. The fourth-order valence-corrected chi connectivity index (χ4v) is 2.22. The molecule has 0 amide bonds. The van der Waals surface area contributed by atoms with Crippen LogP contribution in [-0.2, 0) is 16.1 Å². The van der Waals surface area contributed by atoms with E-state index < -0.39 is 5.97 Å². The van der Waals surface area contributed by atoms with E-state index in [0.29, 0.717) is 22.8 Å². The van der Waals surface area contributed by atoms with E-state index in [0.717, 1.165) is 11.1 Å². The first-order chi connectivity index (χ1) is 11.5. The molecule has 0 spiro atoms. The average molecular weight is 323 g/mol. The normalized spacial score (nSPS) is 10.3. The molecule has 0 aromatic heterocycles. The lowest BCUT2D eigenvalue weighted by molar-refractivity contribution is -0.147. The van der Waals surface area contributed by atoms with E-state index in [9.17, 15) is 4.79 Å². The Bertz CT molecular complexity index is 760. The topological polar surface area (TPSA) is 59.3 Å². The van der Waals surface area contributed by atoms with Crippen LogP contribution < -0.4 is 4.74 Å². The van der Waals surface area contributed by atoms with Crippen LogP contribution in [0.3, 0.4) is 0 Å². The molecule has 0 aliphatic heterocycles. The molecule has 0 saturated carbocycles. The molecule has 4 heteroatoms. The van der Waals surface area contributed by atoms with Gasteiger partial charge in [-0.25, -0.2) is 4.79 Å². The summed E-state index contributed by atoms with van der Waals surface area (Å²) in [5.41, 5.74) is 3.33. The maximum atomic E-state index is 11.9. The molecule has 0 atom stereocenters. The molecular weight excluding hydrogens is 302 g/mol. The van der Waals surface area contributed by atoms with E-state index in [4.69, 9.17) is 14.7 Å². The number of nitriles is 1. The lowest BCUT2D eigenvalue weighted by Gasteiger charge is -2.12. The summed E-state index contributed by atoms with van der Waals surface area (Å²) in [6, 6.07) is 15.1. The maximum Gasteiger partial charge on any atom is 0.344 e. The molecule has 0 radical (unpaired) electrons. The quantitative estimate of drug-likeness (QED) is 0.751. The summed E-state index contributed by atoms with van der Waals surface area (Å²) >= 11 is 0. The first-order valence-corrected chi connectivity index (χ1v) is 7.88. The zero-order valence-corrected chi connectivity index (χ0v) is 14.2. The van der Waals surface area contributed by atoms with Crippen LogP contribution in [0.5, 0.6) is 5.75 Å². The van der Waals surface area contributed by atoms with Gasteiger partial charge in [0.25, 0.3) is 0 Å². The van der Waals surface area contributed by atoms with Gasteiger partial charge in [0.15, 0.2) is 6.61 Å². The molecule has 0 fully saturated rings. The number of rotatable bonds is 6. The van der Waals surface area contributed by atoms with Gasteiger partial charge < -0.3 is 9.47 Å². The van der Waals surface area contributed by atoms with Crippen LogP contribution in [0.4, 0.5) is 0 Å². The SMILES string of the molecule is Cc1ccc(C(C)C)cc1OCC(=O)OCc1ccccc1C#N. The van der Waals surface area contributed by atoms with Crippen molar-refractivity contribution in [1.29, 1.82) is 5.26 Å². The minimum Gasteiger partial charge on any atom is -0.482 e. The molecule has 2 aromatic rings. The van der Waals surface area contributed by atoms with E-state index in [-0.39, 0.29) is 13.2 Å². The van der Waals surface area contributed by atoms with Gasteiger partial charge in [0, 0.05) is 5.56 Å². The highest BCUT2D eigenvalue weighted by molar-refractivity contribution is 5.71. The Hall–Kier alpha value is -2.80. The van der Waals surface area contributed by atoms with E-state index in [1.54, 1.807) is 24.3 Å². The van der Waals surface area contributed by atoms with Gasteiger partial charge in [-0.1, -0.05) is 44.2 Å². The highest BCUT2D eigenvalue weighted by Crippen LogP contribution is 2.24. The number of ether oxygens (including phenoxy) is 2. The molecule has 0 heterocycles. The third-order valence-electron chi connectivity index (χ3n) is 3.75. The smallest absolute Gasteiger partial charge is 0.344 e. The number of carbonyl (C=O) groups excluding carboxylic acids is 1. The summed E-state index contributed by atoms with van der Waals surface area (Å²) < 4.78 is 10.8. The van der Waals surface area contributed by atoms with Crippen molar-refractivity contribution in [1.82, 2.24) is 0 Å². The summed E-state index contributed by atoms with van der Waals surface area (Å²) in [5.74, 6) is 0.620. The Morgan fingerprint density at radius 3 is 2.67 bits per heavy atom. The summed E-state index contributed by atoms with van der Waals surface area (Å²) in [5, 5.41) is 9.02. The Labute approximate surface area is 142 Å². The fraction of sp³-hybridized carbons (Fsp3) is 0.300. The molecule has 4 nitrogen and oxygen atoms in total. The lowest BCUT2D eigenvalue weighted by Crippen LogP contribution is -2.15. The van der Waals surface area contributed by atoms with Crippen molar-refractivity contribution < 1.29 is 14.3 Å². The molecule has 0 bridgehead atoms. The zero-order valence-electron chi connectivity index (χ0n) is 14.2. The molecule has 2 aromatic carbocycles. The lowest BCUT2D eigenvalue weighted by atomic mass is 10.0. The second kappa shape index (κ2) is 8.16. The van der Waals surface area contributed by atoms with Gasteiger partial charge >= 0.3 is 5.97 Å². The molecule has 24 heavy (non-hydrogen) atoms. The van der Waals surface area contributed by atoms with E-state index in [1.807, 2.05) is 19.1 Å². The molecule has 124 valence electrons. The predicted molar refractivity (Wildman–Crippen MR) is 91.7 cm³/mol. The van der Waals surface area contributed by atoms with Crippen molar-refractivity contribution in [3.8, 4) is 11.8 Å². The highest BCUT2D eigenvalue weighted by atomic mass is 16.6. The van der Waals surface area contributed by atoms with Crippen LogP contribution in [0.1, 0.15) is 42.0 Å². The van der Waals surface area contributed by atoms with Crippen LogP contribution >= 0.6 is 0 Å². The van der Waals surface area contributed by atoms with Gasteiger partial charge in [0.1, 0.15) is 12.4 Å². The molecule has 0 aliphatic rings. The van der Waals surface area contributed by atoms with Crippen molar-refractivity contribution >= 4 is 5.97 Å². The number of hydrogen-bond donors (Lipinski definition) is 0. The largest absolute Gasteiger partial charge is 0.482 e. The second-order valence-corrected chi connectivity index (χ2v) is 5.90. The van der Waals surface area contributed by atoms with E-state index in [2.05, 4.69) is 26.0 Å². The molecule has 0 aliphatic carbocycles. The van der Waals surface area contributed by atoms with Crippen molar-refractivity contribution in [2.75, 3.05) is 6.61 Å². The van der Waals surface area contributed by atoms with E-state index in [1.165, 1.54) is 0 Å². The van der Waals surface area contributed by atoms with Crippen molar-refractivity contribution in [2.45, 2.75) is 33.3 Å². The third-order valence-corrected chi connectivity index (χ3v) is 3.75. The Kier molecular flexibility index (Phi) is 5.97. The first kappa shape index (κ1) is 17.6. The fourth-order valence-electron chi connectivity index (χ4n) is 2.22. The summed E-state index contributed by atoms with van der Waals surface area (Å²) in [6.07, 6.45) is 0. The second-order valence-electron chi connectivity index (χ2n) is 5.90. The first-order valence-electron chi connectivity index (χ1n) is 7.88. The third kappa shape index (κ3) is 4.60. The molecule has 0 unspecified atom stereocenters. The zero-order chi connectivity index (χ0) is 17.5. The van der Waals surface area contributed by atoms with Gasteiger partial charge in [-0.3, -0.25) is 0 Å². The van der Waals surface area contributed by atoms with Crippen LogP contribution in [0.25, 0.3) is 0 Å². The van der Waals surface area contributed by atoms with Gasteiger partial charge in [0.2, 0.25) is 0 Å². The highest BCUT2D eigenvalue weighted by Gasteiger charge is 2.10. The predicted octanol–water partition coefficient (Wildman–Crippen LogP) is 4.11. The van der Waals surface area contributed by atoms with E-state index >= 15 is 0 Å².